The molecule has 1 aromatic rings. The second-order valence-corrected chi connectivity index (χ2v) is 6.19. The van der Waals surface area contributed by atoms with Gasteiger partial charge in [-0.3, -0.25) is 4.90 Å². The van der Waals surface area contributed by atoms with Gasteiger partial charge in [-0.2, -0.15) is 0 Å². The maximum Gasteiger partial charge on any atom is 0.0473 e. The first-order chi connectivity index (χ1) is 9.67. The lowest BCUT2D eigenvalue weighted by Crippen LogP contribution is -2.46. The number of likely N-dealkylation sites (N-methyl/N-ethyl adjacent to an activating group) is 2. The van der Waals surface area contributed by atoms with Crippen LogP contribution in [0.4, 0.5) is 0 Å². The summed E-state index contributed by atoms with van der Waals surface area (Å²) in [5, 5.41) is 3.53. The van der Waals surface area contributed by atoms with Crippen LogP contribution in [0.15, 0.2) is 24.3 Å². The first-order valence-electron chi connectivity index (χ1n) is 8.17. The van der Waals surface area contributed by atoms with E-state index in [1.54, 1.807) is 0 Å². The molecule has 1 saturated carbocycles. The van der Waals surface area contributed by atoms with Crippen LogP contribution in [-0.2, 0) is 0 Å². The van der Waals surface area contributed by atoms with Gasteiger partial charge >= 0.3 is 0 Å². The van der Waals surface area contributed by atoms with Crippen molar-refractivity contribution in [1.82, 2.24) is 10.2 Å². The molecule has 1 N–H and O–H groups in total. The molecule has 20 heavy (non-hydrogen) atoms. The molecule has 1 aliphatic rings. The summed E-state index contributed by atoms with van der Waals surface area (Å²) in [6.45, 7) is 7.98. The summed E-state index contributed by atoms with van der Waals surface area (Å²) >= 11 is 0. The molecule has 2 heteroatoms. The Morgan fingerprint density at radius 2 is 1.80 bits per heavy atom. The largest absolute Gasteiger partial charge is 0.312 e. The summed E-state index contributed by atoms with van der Waals surface area (Å²) < 4.78 is 0. The number of nitrogens with one attached hydrogen (secondary N) is 1. The van der Waals surface area contributed by atoms with Gasteiger partial charge in [-0.1, -0.05) is 49.6 Å². The van der Waals surface area contributed by atoms with Gasteiger partial charge < -0.3 is 5.32 Å². The zero-order valence-corrected chi connectivity index (χ0v) is 13.5. The number of benzene rings is 1. The van der Waals surface area contributed by atoms with Crippen molar-refractivity contribution < 1.29 is 0 Å². The predicted molar refractivity (Wildman–Crippen MR) is 87.1 cm³/mol. The normalized spacial score (nSPS) is 19.4. The van der Waals surface area contributed by atoms with E-state index in [0.29, 0.717) is 12.1 Å². The van der Waals surface area contributed by atoms with Crippen LogP contribution in [0.5, 0.6) is 0 Å². The second-order valence-electron chi connectivity index (χ2n) is 6.19. The van der Waals surface area contributed by atoms with Crippen molar-refractivity contribution in [2.45, 2.75) is 64.6 Å². The van der Waals surface area contributed by atoms with Gasteiger partial charge in [0.25, 0.3) is 0 Å². The molecule has 0 spiro atoms. The molecular weight excluding hydrogens is 244 g/mol. The molecule has 0 amide bonds. The van der Waals surface area contributed by atoms with Crippen LogP contribution in [0, 0.1) is 6.92 Å². The number of hydrogen-bond donors (Lipinski definition) is 1. The van der Waals surface area contributed by atoms with E-state index in [0.717, 1.165) is 12.6 Å². The molecule has 0 aliphatic heterocycles. The number of hydrogen-bond acceptors (Lipinski definition) is 2. The fourth-order valence-electron chi connectivity index (χ4n) is 3.77. The highest BCUT2D eigenvalue weighted by Gasteiger charge is 2.29. The van der Waals surface area contributed by atoms with E-state index in [1.165, 1.54) is 36.8 Å². The van der Waals surface area contributed by atoms with Crippen LogP contribution < -0.4 is 5.32 Å². The molecule has 0 heterocycles. The van der Waals surface area contributed by atoms with E-state index >= 15 is 0 Å². The summed E-state index contributed by atoms with van der Waals surface area (Å²) in [5.74, 6) is 0. The van der Waals surface area contributed by atoms with E-state index in [9.17, 15) is 0 Å². The standard InChI is InChI=1S/C18H30N2/c1-5-20(17-8-6-7-9-17)15(3)18(19-4)16-12-10-14(2)11-13-16/h10-13,15,17-19H,5-9H2,1-4H3. The van der Waals surface area contributed by atoms with Crippen LogP contribution in [0.3, 0.4) is 0 Å². The maximum absolute atomic E-state index is 3.53. The quantitative estimate of drug-likeness (QED) is 0.846. The van der Waals surface area contributed by atoms with E-state index in [2.05, 4.69) is 62.3 Å². The third-order valence-corrected chi connectivity index (χ3v) is 4.91. The van der Waals surface area contributed by atoms with Gasteiger partial charge in [0.05, 0.1) is 0 Å². The van der Waals surface area contributed by atoms with E-state index in [1.807, 2.05) is 0 Å². The Kier molecular flexibility index (Phi) is 5.62. The minimum atomic E-state index is 0.413. The SMILES string of the molecule is CCN(C1CCCC1)C(C)C(NC)c1ccc(C)cc1. The average Bonchev–Trinajstić information content (AvgIpc) is 2.96. The molecule has 112 valence electrons. The van der Waals surface area contributed by atoms with Crippen molar-refractivity contribution in [3.8, 4) is 0 Å². The van der Waals surface area contributed by atoms with Gasteiger partial charge in [0.1, 0.15) is 0 Å². The molecule has 2 unspecified atom stereocenters. The molecule has 0 bridgehead atoms. The molecule has 2 atom stereocenters. The molecule has 1 fully saturated rings. The van der Waals surface area contributed by atoms with Gasteiger partial charge in [0.15, 0.2) is 0 Å². The topological polar surface area (TPSA) is 15.3 Å². The lowest BCUT2D eigenvalue weighted by Gasteiger charge is -2.38. The summed E-state index contributed by atoms with van der Waals surface area (Å²) in [4.78, 5) is 2.70. The summed E-state index contributed by atoms with van der Waals surface area (Å²) in [7, 11) is 2.09. The lowest BCUT2D eigenvalue weighted by atomic mass is 9.97. The zero-order valence-electron chi connectivity index (χ0n) is 13.5. The molecule has 0 radical (unpaired) electrons. The van der Waals surface area contributed by atoms with Crippen molar-refractivity contribution in [3.05, 3.63) is 35.4 Å². The molecule has 0 saturated heterocycles. The minimum Gasteiger partial charge on any atom is -0.312 e. The fourth-order valence-corrected chi connectivity index (χ4v) is 3.77. The van der Waals surface area contributed by atoms with Crippen LogP contribution >= 0.6 is 0 Å². The molecule has 0 aromatic heterocycles. The highest BCUT2D eigenvalue weighted by Crippen LogP contribution is 2.29. The van der Waals surface area contributed by atoms with Crippen LogP contribution in [0.2, 0.25) is 0 Å². The fraction of sp³-hybridized carbons (Fsp3) is 0.667. The van der Waals surface area contributed by atoms with Gasteiger partial charge in [-0.25, -0.2) is 0 Å². The predicted octanol–water partition coefficient (Wildman–Crippen LogP) is 3.91. The van der Waals surface area contributed by atoms with E-state index in [-0.39, 0.29) is 0 Å². The van der Waals surface area contributed by atoms with Crippen molar-refractivity contribution in [1.29, 1.82) is 0 Å². The van der Waals surface area contributed by atoms with E-state index in [4.69, 9.17) is 0 Å². The number of nitrogens with zero attached hydrogens (tertiary/aromatic N) is 1. The van der Waals surface area contributed by atoms with Crippen LogP contribution in [0.1, 0.15) is 56.7 Å². The lowest BCUT2D eigenvalue weighted by molar-refractivity contribution is 0.125. The Bertz CT molecular complexity index is 392. The Balaban J connectivity index is 2.14. The van der Waals surface area contributed by atoms with Crippen LogP contribution in [0.25, 0.3) is 0 Å². The minimum absolute atomic E-state index is 0.413. The number of rotatable bonds is 6. The van der Waals surface area contributed by atoms with Crippen molar-refractivity contribution >= 4 is 0 Å². The molecule has 2 rings (SSSR count). The molecule has 2 nitrogen and oxygen atoms in total. The third-order valence-electron chi connectivity index (χ3n) is 4.91. The van der Waals surface area contributed by atoms with Crippen LogP contribution in [-0.4, -0.2) is 30.6 Å². The Morgan fingerprint density at radius 1 is 1.20 bits per heavy atom. The Hall–Kier alpha value is -0.860. The van der Waals surface area contributed by atoms with Crippen molar-refractivity contribution in [2.75, 3.05) is 13.6 Å². The third kappa shape index (κ3) is 3.42. The van der Waals surface area contributed by atoms with Gasteiger partial charge in [0.2, 0.25) is 0 Å². The second kappa shape index (κ2) is 7.24. The molecule has 1 aromatic carbocycles. The highest BCUT2D eigenvalue weighted by molar-refractivity contribution is 5.25. The molecule has 1 aliphatic carbocycles. The monoisotopic (exact) mass is 274 g/mol. The van der Waals surface area contributed by atoms with Crippen molar-refractivity contribution in [2.24, 2.45) is 0 Å². The smallest absolute Gasteiger partial charge is 0.0473 e. The van der Waals surface area contributed by atoms with E-state index < -0.39 is 0 Å². The highest BCUT2D eigenvalue weighted by atomic mass is 15.2. The van der Waals surface area contributed by atoms with Crippen molar-refractivity contribution in [3.63, 3.8) is 0 Å². The summed E-state index contributed by atoms with van der Waals surface area (Å²) in [6.07, 6.45) is 5.57. The first kappa shape index (κ1) is 15.5. The Morgan fingerprint density at radius 3 is 2.30 bits per heavy atom. The maximum atomic E-state index is 3.53. The Labute approximate surface area is 124 Å². The summed E-state index contributed by atoms with van der Waals surface area (Å²) in [6, 6.07) is 10.7. The zero-order chi connectivity index (χ0) is 14.5. The van der Waals surface area contributed by atoms with Gasteiger partial charge in [0, 0.05) is 18.1 Å². The van der Waals surface area contributed by atoms with Gasteiger partial charge in [-0.05, 0) is 45.8 Å². The summed E-state index contributed by atoms with van der Waals surface area (Å²) in [5.41, 5.74) is 2.74. The number of aryl methyl sites for hydroxylation is 1. The molecular formula is C18H30N2. The average molecular weight is 274 g/mol. The van der Waals surface area contributed by atoms with Gasteiger partial charge in [-0.15, -0.1) is 0 Å². The first-order valence-corrected chi connectivity index (χ1v) is 8.17.